The molecule has 0 atom stereocenters. The zero-order valence-corrected chi connectivity index (χ0v) is 16.4. The zero-order valence-electron chi connectivity index (χ0n) is 14.8. The number of benzene rings is 1. The van der Waals surface area contributed by atoms with E-state index in [9.17, 15) is 14.0 Å². The molecule has 144 valence electrons. The largest absolute Gasteiger partial charge is 0.333 e. The molecule has 7 nitrogen and oxygen atoms in total. The molecule has 0 aliphatic rings. The molecule has 0 saturated heterocycles. The Morgan fingerprint density at radius 1 is 1.17 bits per heavy atom. The quantitative estimate of drug-likeness (QED) is 0.467. The Kier molecular flexibility index (Phi) is 3.90. The van der Waals surface area contributed by atoms with Gasteiger partial charge in [0.25, 0.3) is 5.56 Å². The Morgan fingerprint density at radius 3 is 2.79 bits per heavy atom. The van der Waals surface area contributed by atoms with Crippen molar-refractivity contribution >= 4 is 44.1 Å². The number of nitrogens with one attached hydrogen (secondary N) is 1. The molecule has 1 N–H and O–H groups in total. The lowest BCUT2D eigenvalue weighted by atomic mass is 10.2. The topological polar surface area (TPSA) is 85.6 Å². The maximum atomic E-state index is 13.4. The highest BCUT2D eigenvalue weighted by Crippen LogP contribution is 2.35. The maximum Gasteiger partial charge on any atom is 0.333 e. The van der Waals surface area contributed by atoms with Crippen LogP contribution in [0.1, 0.15) is 0 Å². The van der Waals surface area contributed by atoms with E-state index in [0.29, 0.717) is 37.2 Å². The van der Waals surface area contributed by atoms with Gasteiger partial charge >= 0.3 is 5.69 Å². The SMILES string of the molecule is Cn1ncc2cncc(-n3c(=O)[nH]c4cc(-c5ccc(F)cc5Cl)sc4c3=O)c21. The van der Waals surface area contributed by atoms with Crippen LogP contribution in [0.25, 0.3) is 37.2 Å². The number of aromatic nitrogens is 5. The fourth-order valence-corrected chi connectivity index (χ4v) is 4.73. The molecule has 0 saturated carbocycles. The van der Waals surface area contributed by atoms with Gasteiger partial charge in [0, 0.05) is 29.1 Å². The lowest BCUT2D eigenvalue weighted by Gasteiger charge is -2.06. The van der Waals surface area contributed by atoms with Crippen molar-refractivity contribution in [2.24, 2.45) is 7.05 Å². The number of hydrogen-bond acceptors (Lipinski definition) is 5. The molecule has 10 heteroatoms. The van der Waals surface area contributed by atoms with E-state index in [1.54, 1.807) is 36.3 Å². The summed E-state index contributed by atoms with van der Waals surface area (Å²) >= 11 is 7.33. The van der Waals surface area contributed by atoms with Crippen molar-refractivity contribution in [1.29, 1.82) is 0 Å². The Morgan fingerprint density at radius 2 is 2.00 bits per heavy atom. The number of aromatic amines is 1. The van der Waals surface area contributed by atoms with Gasteiger partial charge in [0.2, 0.25) is 0 Å². The summed E-state index contributed by atoms with van der Waals surface area (Å²) in [6.07, 6.45) is 4.69. The predicted octanol–water partition coefficient (Wildman–Crippen LogP) is 3.48. The van der Waals surface area contributed by atoms with Crippen LogP contribution in [0.15, 0.2) is 52.4 Å². The molecule has 0 amide bonds. The summed E-state index contributed by atoms with van der Waals surface area (Å²) in [6, 6.07) is 5.70. The van der Waals surface area contributed by atoms with E-state index in [0.717, 1.165) is 4.57 Å². The molecular formula is C19H11ClFN5O2S. The van der Waals surface area contributed by atoms with Crippen LogP contribution in [0.5, 0.6) is 0 Å². The number of rotatable bonds is 2. The van der Waals surface area contributed by atoms with E-state index in [-0.39, 0.29) is 5.02 Å². The van der Waals surface area contributed by atoms with Gasteiger partial charge in [0.15, 0.2) is 0 Å². The molecule has 0 bridgehead atoms. The second-order valence-corrected chi connectivity index (χ2v) is 7.87. The van der Waals surface area contributed by atoms with Crippen LogP contribution in [0.2, 0.25) is 5.02 Å². The van der Waals surface area contributed by atoms with E-state index < -0.39 is 17.1 Å². The minimum absolute atomic E-state index is 0.225. The summed E-state index contributed by atoms with van der Waals surface area (Å²) in [5.74, 6) is -0.451. The van der Waals surface area contributed by atoms with Crippen molar-refractivity contribution < 1.29 is 4.39 Å². The molecule has 0 radical (unpaired) electrons. The number of aryl methyl sites for hydroxylation is 1. The number of halogens is 2. The summed E-state index contributed by atoms with van der Waals surface area (Å²) in [6.45, 7) is 0. The Labute approximate surface area is 170 Å². The lowest BCUT2D eigenvalue weighted by molar-refractivity contribution is 0.628. The normalized spacial score (nSPS) is 11.6. The third-order valence-electron chi connectivity index (χ3n) is 4.63. The molecule has 29 heavy (non-hydrogen) atoms. The molecule has 1 aromatic carbocycles. The van der Waals surface area contributed by atoms with Crippen LogP contribution in [-0.2, 0) is 7.05 Å². The summed E-state index contributed by atoms with van der Waals surface area (Å²) in [7, 11) is 1.73. The summed E-state index contributed by atoms with van der Waals surface area (Å²) in [5.41, 5.74) is 0.857. The Balaban J connectivity index is 1.80. The van der Waals surface area contributed by atoms with Crippen molar-refractivity contribution in [3.63, 3.8) is 0 Å². The van der Waals surface area contributed by atoms with E-state index in [1.807, 2.05) is 0 Å². The molecule has 5 aromatic rings. The van der Waals surface area contributed by atoms with Crippen molar-refractivity contribution in [3.8, 4) is 16.1 Å². The van der Waals surface area contributed by atoms with Crippen LogP contribution in [-0.4, -0.2) is 24.3 Å². The average molecular weight is 428 g/mol. The first-order chi connectivity index (χ1) is 13.9. The van der Waals surface area contributed by atoms with Crippen LogP contribution in [0.3, 0.4) is 0 Å². The van der Waals surface area contributed by atoms with E-state index in [1.165, 1.54) is 29.7 Å². The number of pyridine rings is 1. The zero-order chi connectivity index (χ0) is 20.3. The standard InChI is InChI=1S/C19H11ClFN5O2S/c1-25-16-9(7-23-25)6-22-8-14(16)26-18(27)17-13(24-19(26)28)5-15(29-17)11-3-2-10(21)4-12(11)20/h2-8H,1H3,(H,24,28). The van der Waals surface area contributed by atoms with Gasteiger partial charge in [-0.25, -0.2) is 13.8 Å². The molecular weight excluding hydrogens is 417 g/mol. The van der Waals surface area contributed by atoms with E-state index in [2.05, 4.69) is 15.1 Å². The Hall–Kier alpha value is -3.30. The molecule has 4 aromatic heterocycles. The predicted molar refractivity (Wildman–Crippen MR) is 111 cm³/mol. The Bertz CT molecular complexity index is 1550. The van der Waals surface area contributed by atoms with Crippen LogP contribution in [0.4, 0.5) is 4.39 Å². The van der Waals surface area contributed by atoms with Crippen LogP contribution >= 0.6 is 22.9 Å². The minimum atomic E-state index is -0.590. The smallest absolute Gasteiger partial charge is 0.306 e. The third-order valence-corrected chi connectivity index (χ3v) is 6.10. The molecule has 0 fully saturated rings. The fourth-order valence-electron chi connectivity index (χ4n) is 3.32. The first kappa shape index (κ1) is 17.8. The van der Waals surface area contributed by atoms with Crippen molar-refractivity contribution in [2.75, 3.05) is 0 Å². The van der Waals surface area contributed by atoms with Gasteiger partial charge in [-0.05, 0) is 24.3 Å². The van der Waals surface area contributed by atoms with E-state index in [4.69, 9.17) is 11.6 Å². The maximum absolute atomic E-state index is 13.4. The highest BCUT2D eigenvalue weighted by atomic mass is 35.5. The van der Waals surface area contributed by atoms with Crippen LogP contribution in [0, 0.1) is 5.82 Å². The molecule has 0 unspecified atom stereocenters. The van der Waals surface area contributed by atoms with Gasteiger partial charge in [0.1, 0.15) is 10.5 Å². The van der Waals surface area contributed by atoms with Crippen molar-refractivity contribution in [2.45, 2.75) is 0 Å². The second kappa shape index (κ2) is 6.36. The van der Waals surface area contributed by atoms with E-state index >= 15 is 0 Å². The van der Waals surface area contributed by atoms with Gasteiger partial charge in [-0.1, -0.05) is 11.6 Å². The number of hydrogen-bond donors (Lipinski definition) is 1. The fraction of sp³-hybridized carbons (Fsp3) is 0.0526. The molecule has 4 heterocycles. The molecule has 5 rings (SSSR count). The van der Waals surface area contributed by atoms with Gasteiger partial charge in [-0.15, -0.1) is 11.3 Å². The highest BCUT2D eigenvalue weighted by Gasteiger charge is 2.18. The van der Waals surface area contributed by atoms with Crippen LogP contribution < -0.4 is 11.2 Å². The minimum Gasteiger partial charge on any atom is -0.306 e. The van der Waals surface area contributed by atoms with Crippen molar-refractivity contribution in [1.82, 2.24) is 24.3 Å². The average Bonchev–Trinajstić information content (AvgIpc) is 3.26. The number of fused-ring (bicyclic) bond motifs is 2. The monoisotopic (exact) mass is 427 g/mol. The highest BCUT2D eigenvalue weighted by molar-refractivity contribution is 7.22. The first-order valence-corrected chi connectivity index (χ1v) is 9.64. The van der Waals surface area contributed by atoms with Gasteiger partial charge in [0.05, 0.1) is 34.1 Å². The first-order valence-electron chi connectivity index (χ1n) is 8.44. The molecule has 0 aliphatic carbocycles. The number of nitrogens with zero attached hydrogens (tertiary/aromatic N) is 4. The number of thiophene rings is 1. The molecule has 0 aliphatic heterocycles. The van der Waals surface area contributed by atoms with Gasteiger partial charge in [-0.2, -0.15) is 5.10 Å². The van der Waals surface area contributed by atoms with Crippen molar-refractivity contribution in [3.05, 3.63) is 74.5 Å². The van der Waals surface area contributed by atoms with Gasteiger partial charge in [-0.3, -0.25) is 14.5 Å². The summed E-state index contributed by atoms with van der Waals surface area (Å²) in [5, 5.41) is 5.11. The molecule has 0 spiro atoms. The van der Waals surface area contributed by atoms with Gasteiger partial charge < -0.3 is 4.98 Å². The number of H-pyrrole nitrogens is 1. The lowest BCUT2D eigenvalue weighted by Crippen LogP contribution is -2.33. The summed E-state index contributed by atoms with van der Waals surface area (Å²) in [4.78, 5) is 33.5. The summed E-state index contributed by atoms with van der Waals surface area (Å²) < 4.78 is 16.3. The third kappa shape index (κ3) is 2.70. The second-order valence-electron chi connectivity index (χ2n) is 6.41.